The summed E-state index contributed by atoms with van der Waals surface area (Å²) >= 11 is 0. The van der Waals surface area contributed by atoms with Gasteiger partial charge in [0.15, 0.2) is 0 Å². The zero-order valence-electron chi connectivity index (χ0n) is 13.2. The second-order valence-corrected chi connectivity index (χ2v) is 6.15. The highest BCUT2D eigenvalue weighted by Gasteiger charge is 2.58. The van der Waals surface area contributed by atoms with E-state index in [4.69, 9.17) is 9.47 Å². The summed E-state index contributed by atoms with van der Waals surface area (Å²) in [6, 6.07) is 2.26. The fourth-order valence-corrected chi connectivity index (χ4v) is 4.15. The first-order valence-electron chi connectivity index (χ1n) is 7.92. The third kappa shape index (κ3) is 2.37. The topological polar surface area (TPSA) is 47.5 Å². The first-order valence-corrected chi connectivity index (χ1v) is 7.92. The van der Waals surface area contributed by atoms with Crippen LogP contribution in [0.25, 0.3) is 0 Å². The molecular weight excluding hydrogens is 266 g/mol. The highest BCUT2D eigenvalue weighted by Crippen LogP contribution is 2.56. The summed E-state index contributed by atoms with van der Waals surface area (Å²) in [4.78, 5) is 11.1. The van der Waals surface area contributed by atoms with Gasteiger partial charge in [-0.25, -0.2) is 4.98 Å². The van der Waals surface area contributed by atoms with Gasteiger partial charge in [-0.05, 0) is 26.2 Å². The molecule has 1 aromatic rings. The van der Waals surface area contributed by atoms with Crippen LogP contribution in [0.5, 0.6) is 5.88 Å². The van der Waals surface area contributed by atoms with Crippen molar-refractivity contribution in [2.75, 3.05) is 25.7 Å². The Morgan fingerprint density at radius 3 is 2.81 bits per heavy atom. The number of hydrogen-bond acceptors (Lipinski definition) is 5. The van der Waals surface area contributed by atoms with Crippen LogP contribution < -0.4 is 9.64 Å². The predicted molar refractivity (Wildman–Crippen MR) is 81.7 cm³/mol. The third-order valence-corrected chi connectivity index (χ3v) is 5.25. The van der Waals surface area contributed by atoms with E-state index in [0.29, 0.717) is 23.4 Å². The summed E-state index contributed by atoms with van der Waals surface area (Å²) in [5.74, 6) is 1.37. The molecule has 21 heavy (non-hydrogen) atoms. The molecule has 1 heterocycles. The summed E-state index contributed by atoms with van der Waals surface area (Å²) in [5.41, 5.74) is 0.303. The number of rotatable bonds is 5. The van der Waals surface area contributed by atoms with Crippen molar-refractivity contribution in [1.82, 2.24) is 9.97 Å². The predicted octanol–water partition coefficient (Wildman–Crippen LogP) is 2.66. The monoisotopic (exact) mass is 291 g/mol. The summed E-state index contributed by atoms with van der Waals surface area (Å²) in [6.45, 7) is 2.89. The lowest BCUT2D eigenvalue weighted by Gasteiger charge is -2.56. The van der Waals surface area contributed by atoms with Crippen LogP contribution in [-0.2, 0) is 4.74 Å². The second kappa shape index (κ2) is 5.79. The van der Waals surface area contributed by atoms with E-state index in [9.17, 15) is 0 Å². The van der Waals surface area contributed by atoms with Gasteiger partial charge in [0.2, 0.25) is 11.8 Å². The number of ether oxygens (including phenoxy) is 2. The van der Waals surface area contributed by atoms with Crippen molar-refractivity contribution in [3.63, 3.8) is 0 Å². The molecule has 2 unspecified atom stereocenters. The maximum atomic E-state index is 5.98. The normalized spacial score (nSPS) is 26.6. The summed E-state index contributed by atoms with van der Waals surface area (Å²) in [5, 5.41) is 0. The highest BCUT2D eigenvalue weighted by molar-refractivity contribution is 5.36. The molecule has 1 spiro atoms. The van der Waals surface area contributed by atoms with Gasteiger partial charge in [-0.15, -0.1) is 0 Å². The Morgan fingerprint density at radius 1 is 1.38 bits per heavy atom. The molecule has 2 fully saturated rings. The summed E-state index contributed by atoms with van der Waals surface area (Å²) < 4.78 is 11.2. The summed E-state index contributed by atoms with van der Waals surface area (Å²) in [7, 11) is 3.74. The molecule has 1 aromatic heterocycles. The molecule has 2 saturated carbocycles. The van der Waals surface area contributed by atoms with E-state index in [-0.39, 0.29) is 0 Å². The first-order chi connectivity index (χ1) is 10.2. The maximum Gasteiger partial charge on any atom is 0.228 e. The molecule has 0 aromatic carbocycles. The molecule has 2 atom stereocenters. The average molecular weight is 291 g/mol. The van der Waals surface area contributed by atoms with Crippen molar-refractivity contribution in [2.24, 2.45) is 5.41 Å². The van der Waals surface area contributed by atoms with Gasteiger partial charge in [-0.3, -0.25) is 0 Å². The zero-order valence-corrected chi connectivity index (χ0v) is 13.2. The van der Waals surface area contributed by atoms with E-state index in [2.05, 4.69) is 28.8 Å². The quantitative estimate of drug-likeness (QED) is 0.834. The zero-order chi connectivity index (χ0) is 14.9. The Balaban J connectivity index is 1.79. The van der Waals surface area contributed by atoms with Gasteiger partial charge < -0.3 is 14.4 Å². The first kappa shape index (κ1) is 14.6. The van der Waals surface area contributed by atoms with Gasteiger partial charge in [-0.2, -0.15) is 4.98 Å². The maximum absolute atomic E-state index is 5.98. The summed E-state index contributed by atoms with van der Waals surface area (Å²) in [6.07, 6.45) is 8.39. The molecule has 116 valence electrons. The third-order valence-electron chi connectivity index (χ3n) is 5.25. The molecule has 5 heteroatoms. The molecule has 0 radical (unpaired) electrons. The van der Waals surface area contributed by atoms with E-state index in [0.717, 1.165) is 19.0 Å². The van der Waals surface area contributed by atoms with Gasteiger partial charge in [-0.1, -0.05) is 12.8 Å². The lowest BCUT2D eigenvalue weighted by Crippen LogP contribution is -2.63. The number of hydrogen-bond donors (Lipinski definition) is 0. The number of aromatic nitrogens is 2. The minimum Gasteiger partial charge on any atom is -0.481 e. The Labute approximate surface area is 126 Å². The lowest BCUT2D eigenvalue weighted by molar-refractivity contribution is -0.121. The van der Waals surface area contributed by atoms with Crippen LogP contribution in [0.1, 0.15) is 39.0 Å². The van der Waals surface area contributed by atoms with Crippen molar-refractivity contribution >= 4 is 5.95 Å². The molecule has 0 amide bonds. The number of methoxy groups -OCH3 is 1. The molecule has 2 aliphatic carbocycles. The number of anilines is 1. The van der Waals surface area contributed by atoms with Crippen LogP contribution in [0.3, 0.4) is 0 Å². The smallest absolute Gasteiger partial charge is 0.228 e. The standard InChI is InChI=1S/C16H25N3O2/c1-4-21-13-11-12(16(13)8-5-6-9-16)19(2)15-17-10-7-14(18-15)20-3/h7,10,12-13H,4-6,8-9,11H2,1-3H3. The highest BCUT2D eigenvalue weighted by atomic mass is 16.5. The second-order valence-electron chi connectivity index (χ2n) is 6.15. The average Bonchev–Trinajstić information content (AvgIpc) is 3.03. The largest absolute Gasteiger partial charge is 0.481 e. The SMILES string of the molecule is CCOC1CC(N(C)c2nccc(OC)n2)C12CCCC2. The van der Waals surface area contributed by atoms with Gasteiger partial charge in [0, 0.05) is 37.4 Å². The number of nitrogens with zero attached hydrogens (tertiary/aromatic N) is 3. The Hall–Kier alpha value is -1.36. The van der Waals surface area contributed by atoms with Gasteiger partial charge in [0.25, 0.3) is 0 Å². The molecular formula is C16H25N3O2. The van der Waals surface area contributed by atoms with Crippen molar-refractivity contribution in [3.8, 4) is 5.88 Å². The minimum absolute atomic E-state index is 0.303. The lowest BCUT2D eigenvalue weighted by atomic mass is 9.60. The van der Waals surface area contributed by atoms with Crippen molar-refractivity contribution in [3.05, 3.63) is 12.3 Å². The Kier molecular flexibility index (Phi) is 4.02. The molecule has 0 N–H and O–H groups in total. The molecule has 0 aliphatic heterocycles. The Bertz CT molecular complexity index is 488. The molecule has 0 saturated heterocycles. The molecule has 5 nitrogen and oxygen atoms in total. The fourth-order valence-electron chi connectivity index (χ4n) is 4.15. The van der Waals surface area contributed by atoms with Crippen LogP contribution in [0, 0.1) is 5.41 Å². The van der Waals surface area contributed by atoms with Gasteiger partial charge in [0.1, 0.15) is 0 Å². The van der Waals surface area contributed by atoms with E-state index < -0.39 is 0 Å². The van der Waals surface area contributed by atoms with E-state index in [1.54, 1.807) is 19.4 Å². The van der Waals surface area contributed by atoms with Crippen LogP contribution in [0.4, 0.5) is 5.95 Å². The molecule has 3 rings (SSSR count). The van der Waals surface area contributed by atoms with Crippen molar-refractivity contribution in [2.45, 2.75) is 51.2 Å². The van der Waals surface area contributed by atoms with Crippen LogP contribution in [0.2, 0.25) is 0 Å². The van der Waals surface area contributed by atoms with E-state index >= 15 is 0 Å². The van der Waals surface area contributed by atoms with E-state index in [1.165, 1.54) is 25.7 Å². The molecule has 0 bridgehead atoms. The Morgan fingerprint density at radius 2 is 2.14 bits per heavy atom. The van der Waals surface area contributed by atoms with Crippen LogP contribution in [0.15, 0.2) is 12.3 Å². The van der Waals surface area contributed by atoms with Gasteiger partial charge >= 0.3 is 0 Å². The molecule has 2 aliphatic rings. The van der Waals surface area contributed by atoms with E-state index in [1.807, 2.05) is 0 Å². The fraction of sp³-hybridized carbons (Fsp3) is 0.750. The van der Waals surface area contributed by atoms with Crippen molar-refractivity contribution in [1.29, 1.82) is 0 Å². The minimum atomic E-state index is 0.303. The van der Waals surface area contributed by atoms with Gasteiger partial charge in [0.05, 0.1) is 13.2 Å². The van der Waals surface area contributed by atoms with Crippen LogP contribution >= 0.6 is 0 Å². The van der Waals surface area contributed by atoms with Crippen molar-refractivity contribution < 1.29 is 9.47 Å². The van der Waals surface area contributed by atoms with Crippen LogP contribution in [-0.4, -0.2) is 42.9 Å².